The molecule has 11 nitrogen and oxygen atoms in total. The Hall–Kier alpha value is -4.48. The number of anilines is 1. The van der Waals surface area contributed by atoms with Gasteiger partial charge in [0.15, 0.2) is 0 Å². The molecule has 12 heteroatoms. The van der Waals surface area contributed by atoms with Crippen LogP contribution in [0, 0.1) is 5.82 Å². The zero-order valence-corrected chi connectivity index (χ0v) is 19.1. The van der Waals surface area contributed by atoms with E-state index in [9.17, 15) is 23.6 Å². The third-order valence-electron chi connectivity index (χ3n) is 5.03. The van der Waals surface area contributed by atoms with Gasteiger partial charge in [0.05, 0.1) is 17.6 Å². The first-order valence-electron chi connectivity index (χ1n) is 10.7. The van der Waals surface area contributed by atoms with Crippen LogP contribution in [0.15, 0.2) is 53.5 Å². The van der Waals surface area contributed by atoms with Crippen molar-refractivity contribution in [2.24, 2.45) is 0 Å². The zero-order chi connectivity index (χ0) is 25.5. The summed E-state index contributed by atoms with van der Waals surface area (Å²) in [7, 11) is 3.19. The Morgan fingerprint density at radius 1 is 1.29 bits per heavy atom. The molecule has 0 saturated carbocycles. The standard InChI is InChI=1S/C23H25FN6O5/c1-29(2)20(31)8-4-3-6-16(28-23(34)35)21(32)27-17-7-5-11-30(22(17)33)13-19-25-15-10-9-14(24)12-18(15)26-19/h4-5,7-12,16,28H,3,6,13H2,1-2H3,(H,25,26)(H,27,32)(H,34,35). The summed E-state index contributed by atoms with van der Waals surface area (Å²) < 4.78 is 14.7. The number of benzene rings is 1. The van der Waals surface area contributed by atoms with Gasteiger partial charge in [-0.2, -0.15) is 0 Å². The highest BCUT2D eigenvalue weighted by Crippen LogP contribution is 2.13. The molecular weight excluding hydrogens is 459 g/mol. The van der Waals surface area contributed by atoms with Crippen LogP contribution < -0.4 is 16.2 Å². The van der Waals surface area contributed by atoms with Crippen LogP contribution >= 0.6 is 0 Å². The Morgan fingerprint density at radius 3 is 2.77 bits per heavy atom. The van der Waals surface area contributed by atoms with E-state index >= 15 is 0 Å². The molecule has 1 unspecified atom stereocenters. The van der Waals surface area contributed by atoms with E-state index in [-0.39, 0.29) is 31.0 Å². The van der Waals surface area contributed by atoms with Crippen LogP contribution in [0.3, 0.4) is 0 Å². The lowest BCUT2D eigenvalue weighted by Gasteiger charge is -2.16. The molecule has 0 fully saturated rings. The van der Waals surface area contributed by atoms with Crippen molar-refractivity contribution in [3.8, 4) is 0 Å². The van der Waals surface area contributed by atoms with Gasteiger partial charge in [-0.05, 0) is 49.2 Å². The maximum Gasteiger partial charge on any atom is 0.405 e. The zero-order valence-electron chi connectivity index (χ0n) is 19.1. The maximum absolute atomic E-state index is 13.4. The van der Waals surface area contributed by atoms with Gasteiger partial charge in [0.25, 0.3) is 5.56 Å². The maximum atomic E-state index is 13.4. The Labute approximate surface area is 199 Å². The first kappa shape index (κ1) is 25.1. The largest absolute Gasteiger partial charge is 0.465 e. The first-order valence-corrected chi connectivity index (χ1v) is 10.7. The summed E-state index contributed by atoms with van der Waals surface area (Å²) in [5.41, 5.74) is 0.456. The van der Waals surface area contributed by atoms with Crippen LogP contribution in [-0.2, 0) is 16.1 Å². The van der Waals surface area contributed by atoms with Gasteiger partial charge in [-0.3, -0.25) is 14.4 Å². The van der Waals surface area contributed by atoms with Crippen molar-refractivity contribution in [3.63, 3.8) is 0 Å². The number of carboxylic acid groups (broad SMARTS) is 1. The summed E-state index contributed by atoms with van der Waals surface area (Å²) in [6, 6.07) is 5.90. The van der Waals surface area contributed by atoms with Crippen molar-refractivity contribution in [1.82, 2.24) is 24.8 Å². The number of likely N-dealkylation sites (N-methyl/N-ethyl adjacent to an activating group) is 1. The van der Waals surface area contributed by atoms with Crippen LogP contribution in [0.1, 0.15) is 18.7 Å². The molecule has 0 bridgehead atoms. The Morgan fingerprint density at radius 2 is 2.06 bits per heavy atom. The molecule has 0 aliphatic rings. The van der Waals surface area contributed by atoms with E-state index in [0.717, 1.165) is 0 Å². The van der Waals surface area contributed by atoms with E-state index in [1.54, 1.807) is 26.2 Å². The number of hydrogen-bond donors (Lipinski definition) is 4. The smallest absolute Gasteiger partial charge is 0.405 e. The number of imidazole rings is 1. The first-order chi connectivity index (χ1) is 16.6. The average Bonchev–Trinajstić information content (AvgIpc) is 3.19. The number of nitrogens with one attached hydrogen (secondary N) is 3. The second-order valence-corrected chi connectivity index (χ2v) is 7.90. The van der Waals surface area contributed by atoms with Crippen LogP contribution in [0.2, 0.25) is 0 Å². The van der Waals surface area contributed by atoms with Crippen molar-refractivity contribution in [2.75, 3.05) is 19.4 Å². The average molecular weight is 484 g/mol. The van der Waals surface area contributed by atoms with Crippen LogP contribution in [-0.4, -0.2) is 62.6 Å². The van der Waals surface area contributed by atoms with E-state index in [1.807, 2.05) is 0 Å². The highest BCUT2D eigenvalue weighted by atomic mass is 19.1. The highest BCUT2D eigenvalue weighted by molar-refractivity contribution is 5.96. The minimum absolute atomic E-state index is 0.0420. The molecule has 184 valence electrons. The predicted octanol–water partition coefficient (Wildman–Crippen LogP) is 1.91. The number of halogens is 1. The Kier molecular flexibility index (Phi) is 7.97. The highest BCUT2D eigenvalue weighted by Gasteiger charge is 2.21. The van der Waals surface area contributed by atoms with Crippen LogP contribution in [0.4, 0.5) is 14.9 Å². The molecule has 1 aromatic carbocycles. The fourth-order valence-electron chi connectivity index (χ4n) is 3.26. The Balaban J connectivity index is 1.71. The number of allylic oxidation sites excluding steroid dienone is 1. The van der Waals surface area contributed by atoms with Crippen molar-refractivity contribution in [3.05, 3.63) is 70.7 Å². The summed E-state index contributed by atoms with van der Waals surface area (Å²) >= 11 is 0. The van der Waals surface area contributed by atoms with Gasteiger partial charge in [-0.15, -0.1) is 0 Å². The fraction of sp³-hybridized carbons (Fsp3) is 0.261. The number of hydrogen-bond acceptors (Lipinski definition) is 5. The summed E-state index contributed by atoms with van der Waals surface area (Å²) in [5.74, 6) is -0.954. The van der Waals surface area contributed by atoms with Gasteiger partial charge in [0, 0.05) is 20.3 Å². The Bertz CT molecular complexity index is 1330. The quantitative estimate of drug-likeness (QED) is 0.341. The third-order valence-corrected chi connectivity index (χ3v) is 5.03. The number of aromatic amines is 1. The molecule has 2 heterocycles. The van der Waals surface area contributed by atoms with Gasteiger partial charge in [-0.1, -0.05) is 6.08 Å². The molecule has 4 N–H and O–H groups in total. The van der Waals surface area contributed by atoms with E-state index in [1.165, 1.54) is 46.0 Å². The number of carbonyl (C=O) groups is 3. The molecule has 3 amide bonds. The molecule has 0 aliphatic heterocycles. The van der Waals surface area contributed by atoms with Crippen molar-refractivity contribution >= 4 is 34.6 Å². The van der Waals surface area contributed by atoms with Crippen LogP contribution in [0.5, 0.6) is 0 Å². The van der Waals surface area contributed by atoms with Gasteiger partial charge in [0.2, 0.25) is 11.8 Å². The third kappa shape index (κ3) is 6.76. The number of H-pyrrole nitrogens is 1. The molecule has 2 aromatic heterocycles. The number of nitrogens with zero attached hydrogens (tertiary/aromatic N) is 3. The van der Waals surface area contributed by atoms with Gasteiger partial charge >= 0.3 is 6.09 Å². The molecule has 0 radical (unpaired) electrons. The number of pyridine rings is 1. The number of amides is 3. The van der Waals surface area contributed by atoms with Gasteiger partial charge in [0.1, 0.15) is 23.4 Å². The molecular formula is C23H25FN6O5. The molecule has 0 spiro atoms. The SMILES string of the molecule is CN(C)C(=O)C=CCCC(NC(=O)O)C(=O)Nc1cccn(Cc2nc3ccc(F)cc3[nH]2)c1=O. The lowest BCUT2D eigenvalue weighted by Crippen LogP contribution is -2.44. The molecule has 35 heavy (non-hydrogen) atoms. The molecule has 0 saturated heterocycles. The van der Waals surface area contributed by atoms with Crippen molar-refractivity contribution in [2.45, 2.75) is 25.4 Å². The molecule has 1 atom stereocenters. The summed E-state index contributed by atoms with van der Waals surface area (Å²) in [6.45, 7) is 0.0420. The number of aromatic nitrogens is 3. The minimum atomic E-state index is -1.40. The number of rotatable bonds is 9. The van der Waals surface area contributed by atoms with E-state index in [4.69, 9.17) is 5.11 Å². The molecule has 3 aromatic rings. The minimum Gasteiger partial charge on any atom is -0.465 e. The van der Waals surface area contributed by atoms with Crippen LogP contribution in [0.25, 0.3) is 11.0 Å². The molecule has 3 rings (SSSR count). The lowest BCUT2D eigenvalue weighted by molar-refractivity contribution is -0.123. The van der Waals surface area contributed by atoms with Crippen molar-refractivity contribution < 1.29 is 23.9 Å². The van der Waals surface area contributed by atoms with E-state index < -0.39 is 29.4 Å². The fourth-order valence-corrected chi connectivity index (χ4v) is 3.26. The van der Waals surface area contributed by atoms with E-state index in [2.05, 4.69) is 20.6 Å². The summed E-state index contributed by atoms with van der Waals surface area (Å²) in [6.07, 6.45) is 3.31. The predicted molar refractivity (Wildman–Crippen MR) is 127 cm³/mol. The summed E-state index contributed by atoms with van der Waals surface area (Å²) in [4.78, 5) is 57.0. The topological polar surface area (TPSA) is 149 Å². The lowest BCUT2D eigenvalue weighted by atomic mass is 10.1. The molecule has 0 aliphatic carbocycles. The second kappa shape index (κ2) is 11.1. The van der Waals surface area contributed by atoms with Crippen molar-refractivity contribution in [1.29, 1.82) is 0 Å². The number of carbonyl (C=O) groups excluding carboxylic acids is 2. The summed E-state index contributed by atoms with van der Waals surface area (Å²) in [5, 5.41) is 13.7. The van der Waals surface area contributed by atoms with E-state index in [0.29, 0.717) is 16.9 Å². The second-order valence-electron chi connectivity index (χ2n) is 7.90. The monoisotopic (exact) mass is 484 g/mol. The van der Waals surface area contributed by atoms with Gasteiger partial charge < -0.3 is 30.2 Å². The number of fused-ring (bicyclic) bond motifs is 1. The van der Waals surface area contributed by atoms with Gasteiger partial charge in [-0.25, -0.2) is 14.2 Å². The normalized spacial score (nSPS) is 12.0.